The average Bonchev–Trinajstić information content (AvgIpc) is 2.42. The zero-order chi connectivity index (χ0) is 12.6. The lowest BCUT2D eigenvalue weighted by atomic mass is 10.4. The van der Waals surface area contributed by atoms with Gasteiger partial charge in [-0.1, -0.05) is 0 Å². The number of alkyl halides is 3. The van der Waals surface area contributed by atoms with E-state index in [1.54, 1.807) is 0 Å². The quantitative estimate of drug-likeness (QED) is 0.756. The highest BCUT2D eigenvalue weighted by molar-refractivity contribution is 7.87. The summed E-state index contributed by atoms with van der Waals surface area (Å²) < 4.78 is 60.5. The number of rotatable bonds is 2. The Morgan fingerprint density at radius 3 is 2.50 bits per heavy atom. The number of anilines is 1. The van der Waals surface area contributed by atoms with Gasteiger partial charge in [0.05, 0.1) is 5.56 Å². The molecule has 0 fully saturated rings. The van der Waals surface area contributed by atoms with Crippen LogP contribution in [0.15, 0.2) is 11.1 Å². The first-order valence-electron chi connectivity index (χ1n) is 3.56. The molecule has 3 N–H and O–H groups in total. The van der Waals surface area contributed by atoms with Gasteiger partial charge in [0.2, 0.25) is 0 Å². The van der Waals surface area contributed by atoms with Crippen molar-refractivity contribution in [3.8, 4) is 6.07 Å². The monoisotopic (exact) mass is 255 g/mol. The molecule has 0 unspecified atom stereocenters. The number of H-pyrrole nitrogens is 1. The third-order valence-electron chi connectivity index (χ3n) is 1.44. The summed E-state index contributed by atoms with van der Waals surface area (Å²) in [4.78, 5) is 1.09. The van der Waals surface area contributed by atoms with Crippen molar-refractivity contribution in [2.75, 3.05) is 5.73 Å². The van der Waals surface area contributed by atoms with Crippen molar-refractivity contribution in [3.05, 3.63) is 11.8 Å². The standard InChI is InChI=1S/C6H4F3N3O3S/c7-6(8,9)15-16(13,14)4-3(1-10)2-12-5(4)11/h2,12H,11H2. The Kier molecular flexibility index (Phi) is 2.85. The molecule has 0 aromatic carbocycles. The number of nitrogen functional groups attached to an aromatic ring is 1. The van der Waals surface area contributed by atoms with E-state index in [2.05, 4.69) is 9.17 Å². The number of hydrogen-bond donors (Lipinski definition) is 2. The molecule has 0 saturated heterocycles. The van der Waals surface area contributed by atoms with Crippen LogP contribution in [-0.4, -0.2) is 19.8 Å². The van der Waals surface area contributed by atoms with Crippen LogP contribution in [0.3, 0.4) is 0 Å². The summed E-state index contributed by atoms with van der Waals surface area (Å²) in [6.45, 7) is 0. The third kappa shape index (κ3) is 2.44. The molecule has 0 bridgehead atoms. The van der Waals surface area contributed by atoms with Crippen molar-refractivity contribution >= 4 is 15.9 Å². The maximum atomic E-state index is 11.8. The molecule has 0 spiro atoms. The maximum Gasteiger partial charge on any atom is 0.537 e. The first kappa shape index (κ1) is 12.3. The molecule has 0 aliphatic heterocycles. The highest BCUT2D eigenvalue weighted by atomic mass is 32.2. The van der Waals surface area contributed by atoms with E-state index in [9.17, 15) is 21.6 Å². The van der Waals surface area contributed by atoms with E-state index in [4.69, 9.17) is 11.0 Å². The topological polar surface area (TPSA) is 109 Å². The Balaban J connectivity index is 3.29. The van der Waals surface area contributed by atoms with E-state index >= 15 is 0 Å². The first-order chi connectivity index (χ1) is 7.17. The molecule has 0 saturated carbocycles. The van der Waals surface area contributed by atoms with Gasteiger partial charge in [0, 0.05) is 6.20 Å². The van der Waals surface area contributed by atoms with Crippen LogP contribution in [0.1, 0.15) is 5.56 Å². The molecule has 0 atom stereocenters. The number of aromatic nitrogens is 1. The van der Waals surface area contributed by atoms with Crippen molar-refractivity contribution < 1.29 is 25.8 Å². The van der Waals surface area contributed by atoms with Crippen LogP contribution in [-0.2, 0) is 14.3 Å². The van der Waals surface area contributed by atoms with Crippen LogP contribution >= 0.6 is 0 Å². The number of halogens is 3. The molecule has 10 heteroatoms. The summed E-state index contributed by atoms with van der Waals surface area (Å²) >= 11 is 0. The summed E-state index contributed by atoms with van der Waals surface area (Å²) in [6, 6.07) is 1.37. The van der Waals surface area contributed by atoms with Crippen LogP contribution in [0.5, 0.6) is 0 Å². The number of hydrogen-bond acceptors (Lipinski definition) is 5. The summed E-state index contributed by atoms with van der Waals surface area (Å²) in [7, 11) is -5.15. The largest absolute Gasteiger partial charge is 0.537 e. The number of nitrogens with zero attached hydrogens (tertiary/aromatic N) is 1. The van der Waals surface area contributed by atoms with Gasteiger partial charge in [-0.3, -0.25) is 0 Å². The van der Waals surface area contributed by atoms with Gasteiger partial charge in [0.25, 0.3) is 0 Å². The number of aromatic amines is 1. The van der Waals surface area contributed by atoms with Gasteiger partial charge >= 0.3 is 16.5 Å². The maximum absolute atomic E-state index is 11.8. The highest BCUT2D eigenvalue weighted by Crippen LogP contribution is 2.29. The minimum Gasteiger partial charge on any atom is -0.384 e. The lowest BCUT2D eigenvalue weighted by Gasteiger charge is -2.07. The summed E-state index contributed by atoms with van der Waals surface area (Å²) in [5, 5.41) is 8.47. The predicted octanol–water partition coefficient (Wildman–Crippen LogP) is 0.694. The highest BCUT2D eigenvalue weighted by Gasteiger charge is 2.40. The SMILES string of the molecule is N#Cc1c[nH]c(N)c1S(=O)(=O)OC(F)(F)F. The van der Waals surface area contributed by atoms with Gasteiger partial charge in [-0.05, 0) is 0 Å². The normalized spacial score (nSPS) is 12.4. The van der Waals surface area contributed by atoms with Crippen molar-refractivity contribution in [2.45, 2.75) is 11.3 Å². The molecular weight excluding hydrogens is 251 g/mol. The second-order valence-electron chi connectivity index (χ2n) is 2.54. The van der Waals surface area contributed by atoms with E-state index in [0.29, 0.717) is 0 Å². The van der Waals surface area contributed by atoms with Crippen molar-refractivity contribution in [3.63, 3.8) is 0 Å². The van der Waals surface area contributed by atoms with E-state index in [0.717, 1.165) is 6.20 Å². The Morgan fingerprint density at radius 2 is 2.06 bits per heavy atom. The van der Waals surface area contributed by atoms with Crippen LogP contribution < -0.4 is 5.73 Å². The molecule has 1 aromatic heterocycles. The zero-order valence-corrected chi connectivity index (χ0v) is 8.19. The second-order valence-corrected chi connectivity index (χ2v) is 4.02. The Morgan fingerprint density at radius 1 is 1.50 bits per heavy atom. The van der Waals surface area contributed by atoms with Crippen molar-refractivity contribution in [1.29, 1.82) is 5.26 Å². The van der Waals surface area contributed by atoms with E-state index in [1.807, 2.05) is 0 Å². The molecule has 0 amide bonds. The van der Waals surface area contributed by atoms with Gasteiger partial charge in [-0.25, -0.2) is 0 Å². The van der Waals surface area contributed by atoms with Crippen LogP contribution in [0.25, 0.3) is 0 Å². The second kappa shape index (κ2) is 3.69. The molecule has 6 nitrogen and oxygen atoms in total. The number of nitrogens with two attached hydrogens (primary N) is 1. The minimum atomic E-state index is -5.38. The van der Waals surface area contributed by atoms with Gasteiger partial charge in [0.1, 0.15) is 11.9 Å². The molecule has 1 aromatic rings. The number of nitrogens with one attached hydrogen (secondary N) is 1. The van der Waals surface area contributed by atoms with Gasteiger partial charge in [-0.2, -0.15) is 17.9 Å². The molecule has 0 aliphatic carbocycles. The van der Waals surface area contributed by atoms with Gasteiger partial charge < -0.3 is 10.7 Å². The van der Waals surface area contributed by atoms with Crippen molar-refractivity contribution in [2.24, 2.45) is 0 Å². The Hall–Kier alpha value is -1.73. The predicted molar refractivity (Wildman–Crippen MR) is 44.2 cm³/mol. The lowest BCUT2D eigenvalue weighted by molar-refractivity contribution is -0.271. The van der Waals surface area contributed by atoms with Crippen LogP contribution in [0, 0.1) is 11.3 Å². The fourth-order valence-corrected chi connectivity index (χ4v) is 1.98. The molecular formula is C6H4F3N3O3S. The summed E-state index contributed by atoms with van der Waals surface area (Å²) in [6.07, 6.45) is -4.52. The molecule has 16 heavy (non-hydrogen) atoms. The molecule has 88 valence electrons. The van der Waals surface area contributed by atoms with Crippen LogP contribution in [0.2, 0.25) is 0 Å². The Labute approximate surface area is 87.5 Å². The molecule has 1 heterocycles. The van der Waals surface area contributed by atoms with E-state index in [1.165, 1.54) is 6.07 Å². The first-order valence-corrected chi connectivity index (χ1v) is 4.97. The fraction of sp³-hybridized carbons (Fsp3) is 0.167. The molecule has 0 aliphatic rings. The fourth-order valence-electron chi connectivity index (χ4n) is 0.945. The zero-order valence-electron chi connectivity index (χ0n) is 7.37. The smallest absolute Gasteiger partial charge is 0.384 e. The summed E-state index contributed by atoms with van der Waals surface area (Å²) in [5.74, 6) is -0.596. The average molecular weight is 255 g/mol. The van der Waals surface area contributed by atoms with Crippen molar-refractivity contribution in [1.82, 2.24) is 4.98 Å². The lowest BCUT2D eigenvalue weighted by Crippen LogP contribution is -2.20. The van der Waals surface area contributed by atoms with E-state index in [-0.39, 0.29) is 0 Å². The van der Waals surface area contributed by atoms with Gasteiger partial charge in [0.15, 0.2) is 4.90 Å². The summed E-state index contributed by atoms with van der Waals surface area (Å²) in [5.41, 5.74) is 4.53. The van der Waals surface area contributed by atoms with Gasteiger partial charge in [-0.15, -0.1) is 13.2 Å². The number of nitriles is 1. The third-order valence-corrected chi connectivity index (χ3v) is 2.78. The Bertz CT molecular complexity index is 540. The molecule has 1 rings (SSSR count). The molecule has 0 radical (unpaired) electrons. The van der Waals surface area contributed by atoms with E-state index < -0.39 is 32.8 Å². The van der Waals surface area contributed by atoms with Crippen LogP contribution in [0.4, 0.5) is 19.0 Å². The minimum absolute atomic E-state index is 0.554.